The van der Waals surface area contributed by atoms with Crippen LogP contribution < -0.4 is 26.2 Å². The Morgan fingerprint density at radius 3 is 1.30 bits per heavy atom. The Bertz CT molecular complexity index is 9200. The van der Waals surface area contributed by atoms with E-state index in [2.05, 4.69) is 347 Å². The number of aromatic nitrogens is 2. The number of rotatable bonds is 11. The van der Waals surface area contributed by atoms with Gasteiger partial charge in [-0.25, -0.2) is 0 Å². The second-order valence-corrected chi connectivity index (χ2v) is 36.8. The topological polar surface area (TPSA) is 42.1 Å². The van der Waals surface area contributed by atoms with Crippen molar-refractivity contribution in [2.75, 3.05) is 9.80 Å². The summed E-state index contributed by atoms with van der Waals surface area (Å²) in [5.41, 5.74) is 30.7. The van der Waals surface area contributed by atoms with Crippen molar-refractivity contribution < 1.29 is 18.4 Å². The molecule has 0 fully saturated rings. The molecule has 129 heavy (non-hydrogen) atoms. The largest absolute Gasteiger partial charge is 0.455 e. The first-order chi connectivity index (χ1) is 66.2. The van der Waals surface area contributed by atoms with Crippen molar-refractivity contribution >= 4 is 161 Å². The van der Waals surface area contributed by atoms with E-state index in [1.807, 2.05) is 72.8 Å². The van der Waals surface area contributed by atoms with Crippen LogP contribution in [0.2, 0.25) is 0 Å². The van der Waals surface area contributed by atoms with Crippen LogP contribution in [-0.2, 0) is 10.8 Å². The molecule has 19 aromatic carbocycles. The molecule has 6 nitrogen and oxygen atoms in total. The first-order valence-corrected chi connectivity index (χ1v) is 44.5. The number of nitrogens with zero attached hydrogens (tertiary/aromatic N) is 4. The fourth-order valence-electron chi connectivity index (χ4n) is 21.2. The predicted octanol–water partition coefficient (Wildman–Crippen LogP) is 31.7. The molecular formula is C122H85BN4O2. The van der Waals surface area contributed by atoms with Crippen molar-refractivity contribution in [2.24, 2.45) is 0 Å². The number of anilines is 6. The highest BCUT2D eigenvalue weighted by Gasteiger charge is 2.47. The highest BCUT2D eigenvalue weighted by Crippen LogP contribution is 2.58. The first-order valence-electron chi connectivity index (χ1n) is 48.0. The lowest BCUT2D eigenvalue weighted by molar-refractivity contribution is 0.569. The Balaban J connectivity index is 0.860. The minimum atomic E-state index is -0.612. The third kappa shape index (κ3) is 11.5. The fourth-order valence-corrected chi connectivity index (χ4v) is 21.2. The van der Waals surface area contributed by atoms with Gasteiger partial charge in [-0.3, -0.25) is 0 Å². The first kappa shape index (κ1) is 67.5. The van der Waals surface area contributed by atoms with Crippen molar-refractivity contribution in [3.05, 3.63) is 417 Å². The Kier molecular flexibility index (Phi) is 14.8. The van der Waals surface area contributed by atoms with E-state index in [9.17, 15) is 9.60 Å². The van der Waals surface area contributed by atoms with E-state index in [1.165, 1.54) is 21.9 Å². The number of para-hydroxylation sites is 5. The van der Waals surface area contributed by atoms with Crippen LogP contribution in [-0.4, -0.2) is 15.7 Å². The summed E-state index contributed by atoms with van der Waals surface area (Å²) >= 11 is 0. The van der Waals surface area contributed by atoms with Gasteiger partial charge in [0.1, 0.15) is 22.3 Å². The second kappa shape index (κ2) is 28.3. The minimum Gasteiger partial charge on any atom is -0.455 e. The lowest BCUT2D eigenvalue weighted by Gasteiger charge is -2.45. The maximum atomic E-state index is 10.7. The zero-order chi connectivity index (χ0) is 91.9. The van der Waals surface area contributed by atoms with Gasteiger partial charge >= 0.3 is 0 Å². The lowest BCUT2D eigenvalue weighted by Crippen LogP contribution is -2.61. The van der Waals surface area contributed by atoms with E-state index >= 15 is 0 Å². The third-order valence-electron chi connectivity index (χ3n) is 27.3. The molecule has 608 valence electrons. The van der Waals surface area contributed by atoms with E-state index in [1.54, 1.807) is 4.57 Å². The van der Waals surface area contributed by atoms with E-state index in [0.29, 0.717) is 28.1 Å². The molecule has 0 spiro atoms. The maximum absolute atomic E-state index is 10.7. The summed E-state index contributed by atoms with van der Waals surface area (Å²) in [5, 5.41) is 8.39. The summed E-state index contributed by atoms with van der Waals surface area (Å²) in [6, 6.07) is 127. The molecule has 26 rings (SSSR count). The molecule has 0 saturated carbocycles. The Labute approximate surface area is 757 Å². The van der Waals surface area contributed by atoms with Crippen LogP contribution >= 0.6 is 0 Å². The lowest BCUT2D eigenvalue weighted by atomic mass is 9.33. The smallest absolute Gasteiger partial charge is 0.252 e. The maximum Gasteiger partial charge on any atom is 0.252 e. The molecule has 2 aliphatic rings. The molecule has 0 atom stereocenters. The van der Waals surface area contributed by atoms with Gasteiger partial charge in [-0.1, -0.05) is 351 Å². The van der Waals surface area contributed by atoms with Gasteiger partial charge in [0.15, 0.2) is 0 Å². The van der Waals surface area contributed by atoms with Crippen molar-refractivity contribution in [1.29, 1.82) is 0 Å². The normalized spacial score (nSPS) is 13.6. The predicted molar refractivity (Wildman–Crippen MR) is 545 cm³/mol. The molecule has 7 heterocycles. The summed E-state index contributed by atoms with van der Waals surface area (Å²) in [4.78, 5) is 5.08. The Morgan fingerprint density at radius 2 is 0.713 bits per heavy atom. The molecule has 0 saturated heterocycles. The van der Waals surface area contributed by atoms with Crippen molar-refractivity contribution in [3.8, 4) is 94.7 Å². The Hall–Kier alpha value is -16.0. The number of hydrogen-bond acceptors (Lipinski definition) is 4. The number of hydrogen-bond donors (Lipinski definition) is 0. The number of benzene rings is 19. The zero-order valence-corrected chi connectivity index (χ0v) is 71.8. The summed E-state index contributed by atoms with van der Waals surface area (Å²) in [6.07, 6.45) is 0. The van der Waals surface area contributed by atoms with Crippen molar-refractivity contribution in [2.45, 2.75) is 52.4 Å². The minimum absolute atomic E-state index is 0.0687. The van der Waals surface area contributed by atoms with E-state index in [4.69, 9.17) is 8.83 Å². The molecule has 24 aromatic rings. The molecule has 5 aromatic heterocycles. The third-order valence-corrected chi connectivity index (χ3v) is 27.3. The molecule has 0 radical (unpaired) electrons. The highest BCUT2D eigenvalue weighted by atomic mass is 16.3. The average molecular weight is 1660 g/mol. The molecule has 7 heteroatoms. The Morgan fingerprint density at radius 1 is 0.279 bits per heavy atom. The van der Waals surface area contributed by atoms with Gasteiger partial charge in [0.2, 0.25) is 0 Å². The quantitative estimate of drug-likeness (QED) is 0.121. The van der Waals surface area contributed by atoms with Crippen LogP contribution in [0.4, 0.5) is 34.1 Å². The molecule has 2 aliphatic heterocycles. The van der Waals surface area contributed by atoms with Gasteiger partial charge in [0.05, 0.1) is 59.3 Å². The highest BCUT2D eigenvalue weighted by molar-refractivity contribution is 7.00. The van der Waals surface area contributed by atoms with E-state index in [0.717, 1.165) is 183 Å². The van der Waals surface area contributed by atoms with Crippen LogP contribution in [0.25, 0.3) is 198 Å². The average Bonchev–Trinajstić information content (AvgIpc) is 0.916. The second-order valence-electron chi connectivity index (χ2n) is 36.8. The van der Waals surface area contributed by atoms with Gasteiger partial charge in [0.25, 0.3) is 6.71 Å². The standard InChI is InChI=1S/C122H85BN4O2/c1-121(2,3)86-63-84(64-87(70-86)122(4,5)6)83-54-58-101-107(67-83)126(117-95(75-34-14-8-15-35-75)72-97(77-38-18-10-19-39-77)119-113(117)93-46-24-28-52-111(93)128-119)109-68-85(82-56-61-106-100(66-82)92-49-31-48-91-89-44-22-27-51-104(89)125(106)116(91)92)69-110-115(109)123(101)102-59-57-88(124-103-50-26-23-45-90(103)99-65-81(55-60-105(99)124)80-43-30-42-79(62-80)74-32-12-7-13-33-74)71-108(102)127(110)118-96(76-36-16-9-17-37-76)73-98(78-40-20-11-21-41-78)120-114(118)94-47-25-29-53-112(94)129-120/h7-73H,1-6H3/i23D,26D,45D,50D,55D,60D,65D. The number of furan rings is 2. The summed E-state index contributed by atoms with van der Waals surface area (Å²) < 4.78 is 91.0. The van der Waals surface area contributed by atoms with Crippen molar-refractivity contribution in [1.82, 2.24) is 8.97 Å². The molecular weight excluding hydrogens is 1560 g/mol. The zero-order valence-electron chi connectivity index (χ0n) is 78.8. The number of fused-ring (bicyclic) bond motifs is 19. The van der Waals surface area contributed by atoms with Gasteiger partial charge < -0.3 is 27.6 Å². The van der Waals surface area contributed by atoms with Crippen molar-refractivity contribution in [3.63, 3.8) is 0 Å². The molecule has 0 amide bonds. The van der Waals surface area contributed by atoms with Gasteiger partial charge in [-0.2, -0.15) is 0 Å². The van der Waals surface area contributed by atoms with Crippen LogP contribution in [0.3, 0.4) is 0 Å². The van der Waals surface area contributed by atoms with E-state index in [-0.39, 0.29) is 68.4 Å². The summed E-state index contributed by atoms with van der Waals surface area (Å²) in [6.45, 7) is 13.2. The van der Waals surface area contributed by atoms with Crippen LogP contribution in [0.1, 0.15) is 62.3 Å². The van der Waals surface area contributed by atoms with Crippen LogP contribution in [0.5, 0.6) is 0 Å². The van der Waals surface area contributed by atoms with E-state index < -0.39 is 18.8 Å². The molecule has 0 N–H and O–H groups in total. The van der Waals surface area contributed by atoms with Gasteiger partial charge in [-0.05, 0) is 202 Å². The summed E-state index contributed by atoms with van der Waals surface area (Å²) in [5.74, 6) is 0. The molecule has 0 unspecified atom stereocenters. The fraction of sp³-hybridized carbons (Fsp3) is 0.0656. The monoisotopic (exact) mass is 1660 g/mol. The van der Waals surface area contributed by atoms with Crippen LogP contribution in [0.15, 0.2) is 415 Å². The SMILES string of the molecule is [2H]c1c([2H])c([2H])c2c(c1[2H])c1c([2H])c(-c3cccc(-c4ccccc4)c3)c([2H])c([2H])c1n2-c1ccc2c(c1)N(c1c(-c3ccccc3)cc(-c3ccccc3)c3oc4ccccc4c13)c1cc(-c3ccc4c(c3)c3cccc5c6ccccc6n4c53)cc3c1B2c1ccc(-c2cc(C(C)(C)C)cc(C(C)(C)C)c2)cc1N3c1c(-c2ccccc2)cc(-c2ccccc2)c2oc3ccccc3c12. The molecule has 0 bridgehead atoms. The van der Waals surface area contributed by atoms with Crippen LogP contribution in [0, 0.1) is 0 Å². The van der Waals surface area contributed by atoms with Gasteiger partial charge in [-0.15, -0.1) is 0 Å². The van der Waals surface area contributed by atoms with Gasteiger partial charge in [0, 0.05) is 93.8 Å². The molecule has 0 aliphatic carbocycles. The summed E-state index contributed by atoms with van der Waals surface area (Å²) in [7, 11) is 0.